The SMILES string of the molecule is O=C(Nc1cccc(F)c1)c1cc2n(n1)CCCN(Cc1ccc(F)cc1)C2=O. The third kappa shape index (κ3) is 4.16. The molecule has 0 unspecified atom stereocenters. The van der Waals surface area contributed by atoms with Gasteiger partial charge in [0.1, 0.15) is 17.3 Å². The molecule has 148 valence electrons. The fraction of sp³-hybridized carbons (Fsp3) is 0.190. The first-order valence-electron chi connectivity index (χ1n) is 9.18. The van der Waals surface area contributed by atoms with E-state index in [4.69, 9.17) is 0 Å². The quantitative estimate of drug-likeness (QED) is 0.735. The van der Waals surface area contributed by atoms with Crippen LogP contribution >= 0.6 is 0 Å². The molecule has 1 aliphatic heterocycles. The number of hydrogen-bond acceptors (Lipinski definition) is 3. The fourth-order valence-electron chi connectivity index (χ4n) is 3.27. The second-order valence-corrected chi connectivity index (χ2v) is 6.81. The van der Waals surface area contributed by atoms with Gasteiger partial charge >= 0.3 is 0 Å². The lowest BCUT2D eigenvalue weighted by Gasteiger charge is -2.20. The Morgan fingerprint density at radius 2 is 1.83 bits per heavy atom. The molecule has 0 fully saturated rings. The van der Waals surface area contributed by atoms with Crippen LogP contribution in [0.1, 0.15) is 33.0 Å². The molecule has 1 aromatic heterocycles. The Labute approximate surface area is 165 Å². The van der Waals surface area contributed by atoms with Crippen molar-refractivity contribution in [1.29, 1.82) is 0 Å². The Morgan fingerprint density at radius 3 is 2.59 bits per heavy atom. The van der Waals surface area contributed by atoms with E-state index >= 15 is 0 Å². The van der Waals surface area contributed by atoms with Gasteiger partial charge in [0.2, 0.25) is 0 Å². The maximum absolute atomic E-state index is 13.3. The Kier molecular flexibility index (Phi) is 5.07. The van der Waals surface area contributed by atoms with Crippen molar-refractivity contribution in [3.8, 4) is 0 Å². The molecule has 8 heteroatoms. The Morgan fingerprint density at radius 1 is 1.03 bits per heavy atom. The number of fused-ring (bicyclic) bond motifs is 1. The Bertz CT molecular complexity index is 1060. The molecule has 29 heavy (non-hydrogen) atoms. The van der Waals surface area contributed by atoms with Crippen LogP contribution in [0.3, 0.4) is 0 Å². The molecule has 6 nitrogen and oxygen atoms in total. The molecule has 0 saturated carbocycles. The number of carbonyl (C=O) groups excluding carboxylic acids is 2. The second-order valence-electron chi connectivity index (χ2n) is 6.81. The summed E-state index contributed by atoms with van der Waals surface area (Å²) in [5.41, 5.74) is 1.52. The molecule has 0 aliphatic carbocycles. The van der Waals surface area contributed by atoms with Crippen LogP contribution in [0.5, 0.6) is 0 Å². The molecule has 2 heterocycles. The van der Waals surface area contributed by atoms with E-state index in [2.05, 4.69) is 10.4 Å². The number of hydrogen-bond donors (Lipinski definition) is 1. The molecule has 1 aliphatic rings. The van der Waals surface area contributed by atoms with Gasteiger partial charge < -0.3 is 10.2 Å². The zero-order valence-electron chi connectivity index (χ0n) is 15.4. The highest BCUT2D eigenvalue weighted by Gasteiger charge is 2.26. The summed E-state index contributed by atoms with van der Waals surface area (Å²) in [5, 5.41) is 6.83. The van der Waals surface area contributed by atoms with E-state index in [1.165, 1.54) is 41.1 Å². The van der Waals surface area contributed by atoms with Crippen LogP contribution in [0, 0.1) is 11.6 Å². The van der Waals surface area contributed by atoms with Gasteiger partial charge in [-0.25, -0.2) is 8.78 Å². The molecule has 4 rings (SSSR count). The van der Waals surface area contributed by atoms with Crippen molar-refractivity contribution in [3.05, 3.63) is 83.2 Å². The van der Waals surface area contributed by atoms with Crippen molar-refractivity contribution >= 4 is 17.5 Å². The van der Waals surface area contributed by atoms with E-state index in [0.29, 0.717) is 37.4 Å². The molecule has 0 bridgehead atoms. The lowest BCUT2D eigenvalue weighted by Crippen LogP contribution is -2.30. The topological polar surface area (TPSA) is 67.2 Å². The summed E-state index contributed by atoms with van der Waals surface area (Å²) in [7, 11) is 0. The van der Waals surface area contributed by atoms with Gasteiger partial charge in [0.05, 0.1) is 0 Å². The number of nitrogens with zero attached hydrogens (tertiary/aromatic N) is 3. The average molecular weight is 396 g/mol. The van der Waals surface area contributed by atoms with Gasteiger partial charge in [-0.3, -0.25) is 14.3 Å². The molecule has 0 atom stereocenters. The zero-order valence-corrected chi connectivity index (χ0v) is 15.4. The molecule has 3 aromatic rings. The fourth-order valence-corrected chi connectivity index (χ4v) is 3.27. The first kappa shape index (κ1) is 18.8. The highest BCUT2D eigenvalue weighted by atomic mass is 19.1. The number of aromatic nitrogens is 2. The maximum atomic E-state index is 13.3. The minimum atomic E-state index is -0.519. The van der Waals surface area contributed by atoms with E-state index < -0.39 is 11.7 Å². The lowest BCUT2D eigenvalue weighted by atomic mass is 10.2. The van der Waals surface area contributed by atoms with Crippen molar-refractivity contribution in [2.45, 2.75) is 19.5 Å². The molecular weight excluding hydrogens is 378 g/mol. The first-order valence-corrected chi connectivity index (χ1v) is 9.18. The van der Waals surface area contributed by atoms with Gasteiger partial charge in [-0.2, -0.15) is 5.10 Å². The number of nitrogens with one attached hydrogen (secondary N) is 1. The summed E-state index contributed by atoms with van der Waals surface area (Å²) in [6, 6.07) is 13.0. The highest BCUT2D eigenvalue weighted by Crippen LogP contribution is 2.18. The van der Waals surface area contributed by atoms with Crippen LogP contribution < -0.4 is 5.32 Å². The summed E-state index contributed by atoms with van der Waals surface area (Å²) < 4.78 is 27.9. The third-order valence-corrected chi connectivity index (χ3v) is 4.69. The van der Waals surface area contributed by atoms with Crippen molar-refractivity contribution in [1.82, 2.24) is 14.7 Å². The Hall–Kier alpha value is -3.55. The number of aryl methyl sites for hydroxylation is 1. The number of benzene rings is 2. The average Bonchev–Trinajstić information content (AvgIpc) is 3.07. The second kappa shape index (κ2) is 7.83. The van der Waals surface area contributed by atoms with Gasteiger partial charge in [-0.15, -0.1) is 0 Å². The zero-order chi connectivity index (χ0) is 20.4. The molecule has 2 amide bonds. The monoisotopic (exact) mass is 396 g/mol. The molecule has 0 saturated heterocycles. The molecule has 2 aromatic carbocycles. The first-order chi connectivity index (χ1) is 14.0. The van der Waals surface area contributed by atoms with Crippen LogP contribution in [-0.2, 0) is 13.1 Å². The Balaban J connectivity index is 1.53. The predicted molar refractivity (Wildman–Crippen MR) is 102 cm³/mol. The van der Waals surface area contributed by atoms with Crippen LogP contribution in [0.2, 0.25) is 0 Å². The van der Waals surface area contributed by atoms with Crippen molar-refractivity contribution in [3.63, 3.8) is 0 Å². The van der Waals surface area contributed by atoms with E-state index in [0.717, 1.165) is 5.56 Å². The number of rotatable bonds is 4. The number of anilines is 1. The molecule has 0 spiro atoms. The van der Waals surface area contributed by atoms with Crippen molar-refractivity contribution < 1.29 is 18.4 Å². The van der Waals surface area contributed by atoms with Crippen molar-refractivity contribution in [2.75, 3.05) is 11.9 Å². The van der Waals surface area contributed by atoms with Crippen molar-refractivity contribution in [2.24, 2.45) is 0 Å². The summed E-state index contributed by atoms with van der Waals surface area (Å²) in [6.45, 7) is 1.37. The van der Waals surface area contributed by atoms with Crippen LogP contribution in [0.25, 0.3) is 0 Å². The number of carbonyl (C=O) groups is 2. The number of halogens is 2. The summed E-state index contributed by atoms with van der Waals surface area (Å²) >= 11 is 0. The van der Waals surface area contributed by atoms with Gasteiger partial charge in [-0.05, 0) is 42.3 Å². The lowest BCUT2D eigenvalue weighted by molar-refractivity contribution is 0.0745. The minimum Gasteiger partial charge on any atom is -0.333 e. The van der Waals surface area contributed by atoms with E-state index in [1.807, 2.05) is 0 Å². The molecular formula is C21H18F2N4O2. The van der Waals surface area contributed by atoms with E-state index in [9.17, 15) is 18.4 Å². The van der Waals surface area contributed by atoms with Crippen LogP contribution in [0.15, 0.2) is 54.6 Å². The summed E-state index contributed by atoms with van der Waals surface area (Å²) in [5.74, 6) is -1.56. The van der Waals surface area contributed by atoms with E-state index in [1.54, 1.807) is 23.1 Å². The summed E-state index contributed by atoms with van der Waals surface area (Å²) in [4.78, 5) is 27.1. The van der Waals surface area contributed by atoms with Crippen LogP contribution in [-0.4, -0.2) is 33.0 Å². The predicted octanol–water partition coefficient (Wildman–Crippen LogP) is 3.46. The maximum Gasteiger partial charge on any atom is 0.276 e. The van der Waals surface area contributed by atoms with Gasteiger partial charge in [-0.1, -0.05) is 18.2 Å². The molecule has 0 radical (unpaired) electrons. The third-order valence-electron chi connectivity index (χ3n) is 4.69. The van der Waals surface area contributed by atoms with Gasteiger partial charge in [0, 0.05) is 31.4 Å². The smallest absolute Gasteiger partial charge is 0.276 e. The normalized spacial score (nSPS) is 13.7. The van der Waals surface area contributed by atoms with Crippen LogP contribution in [0.4, 0.5) is 14.5 Å². The molecule has 1 N–H and O–H groups in total. The standard InChI is InChI=1S/C21H18F2N4O2/c22-15-7-5-14(6-8-15)13-26-9-2-10-27-19(21(26)29)12-18(25-27)20(28)24-17-4-1-3-16(23)11-17/h1,3-8,11-12H,2,9-10,13H2,(H,24,28). The van der Waals surface area contributed by atoms with E-state index in [-0.39, 0.29) is 17.4 Å². The largest absolute Gasteiger partial charge is 0.333 e. The number of amides is 2. The van der Waals surface area contributed by atoms with Gasteiger partial charge in [0.15, 0.2) is 5.69 Å². The highest BCUT2D eigenvalue weighted by molar-refractivity contribution is 6.04. The summed E-state index contributed by atoms with van der Waals surface area (Å²) in [6.07, 6.45) is 0.673. The van der Waals surface area contributed by atoms with Gasteiger partial charge in [0.25, 0.3) is 11.8 Å². The minimum absolute atomic E-state index is 0.0845.